The summed E-state index contributed by atoms with van der Waals surface area (Å²) in [6, 6.07) is 4.50. The van der Waals surface area contributed by atoms with Crippen molar-refractivity contribution < 1.29 is 4.74 Å². The molecule has 1 aromatic carbocycles. The van der Waals surface area contributed by atoms with Crippen LogP contribution in [0, 0.1) is 13.8 Å². The normalized spacial score (nSPS) is 12.3. The minimum Gasteiger partial charge on any atom is -0.495 e. The van der Waals surface area contributed by atoms with E-state index >= 15 is 0 Å². The first-order valence-corrected chi connectivity index (χ1v) is 6.19. The number of anilines is 1. The number of hydrogen-bond acceptors (Lipinski definition) is 3. The maximum absolute atomic E-state index is 5.73. The molecule has 3 heteroatoms. The fraction of sp³-hybridized carbons (Fsp3) is 0.571. The van der Waals surface area contributed by atoms with Crippen molar-refractivity contribution in [3.8, 4) is 5.75 Å². The lowest BCUT2D eigenvalue weighted by Gasteiger charge is -2.15. The van der Waals surface area contributed by atoms with Gasteiger partial charge in [-0.1, -0.05) is 6.07 Å². The molecule has 0 saturated carbocycles. The van der Waals surface area contributed by atoms with Crippen LogP contribution in [0.1, 0.15) is 30.9 Å². The second kappa shape index (κ2) is 6.50. The van der Waals surface area contributed by atoms with Crippen LogP contribution in [0.3, 0.4) is 0 Å². The zero-order valence-corrected chi connectivity index (χ0v) is 11.3. The molecule has 0 heterocycles. The molecular formula is C14H24N2O. The first kappa shape index (κ1) is 13.8. The number of hydrogen-bond donors (Lipinski definition) is 2. The summed E-state index contributed by atoms with van der Waals surface area (Å²) in [5, 5.41) is 3.43. The van der Waals surface area contributed by atoms with Gasteiger partial charge in [0.15, 0.2) is 0 Å². The van der Waals surface area contributed by atoms with E-state index in [2.05, 4.69) is 31.3 Å². The van der Waals surface area contributed by atoms with E-state index in [1.165, 1.54) is 11.1 Å². The number of methoxy groups -OCH3 is 1. The Hall–Kier alpha value is -1.22. The standard InChI is InChI=1S/C14H24N2O/c1-10-8-11(2)14(13(9-10)17-4)16-7-5-6-12(3)15/h8-9,12,16H,5-7,15H2,1-4H3. The van der Waals surface area contributed by atoms with Crippen LogP contribution in [0.25, 0.3) is 0 Å². The molecule has 0 amide bonds. The summed E-state index contributed by atoms with van der Waals surface area (Å²) >= 11 is 0. The van der Waals surface area contributed by atoms with Crippen LogP contribution in [0.5, 0.6) is 5.75 Å². The van der Waals surface area contributed by atoms with E-state index in [1.807, 2.05) is 6.92 Å². The molecule has 17 heavy (non-hydrogen) atoms. The first-order chi connectivity index (χ1) is 8.04. The molecule has 0 aromatic heterocycles. The summed E-state index contributed by atoms with van der Waals surface area (Å²) < 4.78 is 5.40. The van der Waals surface area contributed by atoms with E-state index in [4.69, 9.17) is 10.5 Å². The Bertz CT molecular complexity index is 361. The highest BCUT2D eigenvalue weighted by Gasteiger charge is 2.06. The number of aryl methyl sites for hydroxylation is 2. The van der Waals surface area contributed by atoms with Gasteiger partial charge < -0.3 is 15.8 Å². The molecular weight excluding hydrogens is 212 g/mol. The third kappa shape index (κ3) is 4.27. The van der Waals surface area contributed by atoms with Crippen molar-refractivity contribution in [2.24, 2.45) is 5.73 Å². The minimum absolute atomic E-state index is 0.276. The lowest BCUT2D eigenvalue weighted by molar-refractivity contribution is 0.416. The molecule has 0 aliphatic rings. The van der Waals surface area contributed by atoms with Crippen LogP contribution in [0.2, 0.25) is 0 Å². The third-order valence-electron chi connectivity index (χ3n) is 2.80. The first-order valence-electron chi connectivity index (χ1n) is 6.19. The Kier molecular flexibility index (Phi) is 5.29. The summed E-state index contributed by atoms with van der Waals surface area (Å²) in [7, 11) is 1.71. The van der Waals surface area contributed by atoms with Crippen molar-refractivity contribution in [1.82, 2.24) is 0 Å². The summed E-state index contributed by atoms with van der Waals surface area (Å²) in [6.07, 6.45) is 2.12. The average molecular weight is 236 g/mol. The van der Waals surface area contributed by atoms with Gasteiger partial charge in [0.1, 0.15) is 5.75 Å². The zero-order chi connectivity index (χ0) is 12.8. The maximum atomic E-state index is 5.73. The van der Waals surface area contributed by atoms with E-state index in [9.17, 15) is 0 Å². The van der Waals surface area contributed by atoms with Gasteiger partial charge in [-0.15, -0.1) is 0 Å². The second-order valence-corrected chi connectivity index (χ2v) is 4.71. The molecule has 0 fully saturated rings. The molecule has 0 saturated heterocycles. The van der Waals surface area contributed by atoms with Gasteiger partial charge in [-0.2, -0.15) is 0 Å². The maximum Gasteiger partial charge on any atom is 0.142 e. The van der Waals surface area contributed by atoms with Crippen molar-refractivity contribution in [1.29, 1.82) is 0 Å². The van der Waals surface area contributed by atoms with Crippen LogP contribution in [-0.2, 0) is 0 Å². The summed E-state index contributed by atoms with van der Waals surface area (Å²) in [5.41, 5.74) is 9.27. The molecule has 1 rings (SSSR count). The Morgan fingerprint density at radius 2 is 2.06 bits per heavy atom. The van der Waals surface area contributed by atoms with E-state index in [0.717, 1.165) is 30.8 Å². The van der Waals surface area contributed by atoms with E-state index in [0.29, 0.717) is 0 Å². The smallest absolute Gasteiger partial charge is 0.142 e. The van der Waals surface area contributed by atoms with Crippen LogP contribution in [0.4, 0.5) is 5.69 Å². The van der Waals surface area contributed by atoms with Gasteiger partial charge in [-0.05, 0) is 50.8 Å². The van der Waals surface area contributed by atoms with Crippen molar-refractivity contribution in [2.75, 3.05) is 19.0 Å². The fourth-order valence-corrected chi connectivity index (χ4v) is 1.95. The van der Waals surface area contributed by atoms with Gasteiger partial charge in [0.2, 0.25) is 0 Å². The highest BCUT2D eigenvalue weighted by molar-refractivity contribution is 5.63. The number of nitrogens with one attached hydrogen (secondary N) is 1. The van der Waals surface area contributed by atoms with Crippen LogP contribution >= 0.6 is 0 Å². The molecule has 1 unspecified atom stereocenters. The van der Waals surface area contributed by atoms with Gasteiger partial charge in [0.25, 0.3) is 0 Å². The molecule has 0 aliphatic heterocycles. The second-order valence-electron chi connectivity index (χ2n) is 4.71. The molecule has 0 aliphatic carbocycles. The van der Waals surface area contributed by atoms with Crippen LogP contribution in [-0.4, -0.2) is 19.7 Å². The van der Waals surface area contributed by atoms with Gasteiger partial charge in [-0.3, -0.25) is 0 Å². The van der Waals surface area contributed by atoms with E-state index in [1.54, 1.807) is 7.11 Å². The van der Waals surface area contributed by atoms with Crippen LogP contribution < -0.4 is 15.8 Å². The van der Waals surface area contributed by atoms with Gasteiger partial charge in [0, 0.05) is 12.6 Å². The number of ether oxygens (including phenoxy) is 1. The van der Waals surface area contributed by atoms with Gasteiger partial charge >= 0.3 is 0 Å². The SMILES string of the molecule is COc1cc(C)cc(C)c1NCCCC(C)N. The molecule has 96 valence electrons. The average Bonchev–Trinajstić information content (AvgIpc) is 2.25. The highest BCUT2D eigenvalue weighted by Crippen LogP contribution is 2.29. The third-order valence-corrected chi connectivity index (χ3v) is 2.80. The van der Waals surface area contributed by atoms with Crippen molar-refractivity contribution >= 4 is 5.69 Å². The molecule has 0 radical (unpaired) electrons. The zero-order valence-electron chi connectivity index (χ0n) is 11.3. The van der Waals surface area contributed by atoms with Crippen molar-refractivity contribution in [2.45, 2.75) is 39.7 Å². The predicted molar refractivity (Wildman–Crippen MR) is 73.8 cm³/mol. The van der Waals surface area contributed by atoms with Crippen LogP contribution in [0.15, 0.2) is 12.1 Å². The summed E-state index contributed by atoms with van der Waals surface area (Å²) in [6.45, 7) is 7.15. The largest absolute Gasteiger partial charge is 0.495 e. The predicted octanol–water partition coefficient (Wildman–Crippen LogP) is 2.85. The van der Waals surface area contributed by atoms with Gasteiger partial charge in [0.05, 0.1) is 12.8 Å². The number of benzene rings is 1. The fourth-order valence-electron chi connectivity index (χ4n) is 1.95. The Morgan fingerprint density at radius 3 is 2.65 bits per heavy atom. The van der Waals surface area contributed by atoms with Crippen molar-refractivity contribution in [3.63, 3.8) is 0 Å². The highest BCUT2D eigenvalue weighted by atomic mass is 16.5. The summed E-state index contributed by atoms with van der Waals surface area (Å²) in [5.74, 6) is 0.920. The Morgan fingerprint density at radius 1 is 1.35 bits per heavy atom. The molecule has 1 aromatic rings. The van der Waals surface area contributed by atoms with E-state index in [-0.39, 0.29) is 6.04 Å². The summed E-state index contributed by atoms with van der Waals surface area (Å²) in [4.78, 5) is 0. The topological polar surface area (TPSA) is 47.3 Å². The molecule has 3 nitrogen and oxygen atoms in total. The Labute approximate surface area is 104 Å². The molecule has 3 N–H and O–H groups in total. The van der Waals surface area contributed by atoms with E-state index < -0.39 is 0 Å². The monoisotopic (exact) mass is 236 g/mol. The lowest BCUT2D eigenvalue weighted by Crippen LogP contribution is -2.16. The molecule has 0 spiro atoms. The van der Waals surface area contributed by atoms with Gasteiger partial charge in [-0.25, -0.2) is 0 Å². The molecule has 0 bridgehead atoms. The van der Waals surface area contributed by atoms with Crippen molar-refractivity contribution in [3.05, 3.63) is 23.3 Å². The quantitative estimate of drug-likeness (QED) is 0.747. The molecule has 1 atom stereocenters. The minimum atomic E-state index is 0.276. The lowest BCUT2D eigenvalue weighted by atomic mass is 10.1. The number of rotatable bonds is 6. The Balaban J connectivity index is 2.63. The number of nitrogens with two attached hydrogens (primary N) is 1.